The SMILES string of the molecule is CCOc1ccccc1NC(=O)c1cc(-c2ccccc2C)on1. The van der Waals surface area contributed by atoms with Crippen LogP contribution in [0.15, 0.2) is 59.1 Å². The number of ether oxygens (including phenoxy) is 1. The predicted octanol–water partition coefficient (Wildman–Crippen LogP) is 4.30. The fraction of sp³-hybridized carbons (Fsp3) is 0.158. The molecule has 5 nitrogen and oxygen atoms in total. The first kappa shape index (κ1) is 15.8. The first-order valence-corrected chi connectivity index (χ1v) is 7.75. The van der Waals surface area contributed by atoms with Crippen LogP contribution >= 0.6 is 0 Å². The number of aryl methyl sites for hydroxylation is 1. The maximum atomic E-state index is 12.4. The molecule has 3 rings (SSSR count). The summed E-state index contributed by atoms with van der Waals surface area (Å²) in [6.07, 6.45) is 0. The van der Waals surface area contributed by atoms with Gasteiger partial charge in [0.1, 0.15) is 5.75 Å². The highest BCUT2D eigenvalue weighted by Gasteiger charge is 2.16. The lowest BCUT2D eigenvalue weighted by Crippen LogP contribution is -2.13. The van der Waals surface area contributed by atoms with Crippen molar-refractivity contribution in [3.8, 4) is 17.1 Å². The van der Waals surface area contributed by atoms with Gasteiger partial charge in [0, 0.05) is 11.6 Å². The molecule has 0 fully saturated rings. The van der Waals surface area contributed by atoms with Gasteiger partial charge in [-0.05, 0) is 31.5 Å². The lowest BCUT2D eigenvalue weighted by molar-refractivity contribution is 0.101. The van der Waals surface area contributed by atoms with E-state index in [1.807, 2.05) is 50.2 Å². The molecule has 0 aliphatic heterocycles. The van der Waals surface area contributed by atoms with E-state index in [0.29, 0.717) is 23.8 Å². The van der Waals surface area contributed by atoms with Crippen LogP contribution in [0.1, 0.15) is 23.0 Å². The van der Waals surface area contributed by atoms with E-state index in [1.54, 1.807) is 18.2 Å². The Bertz CT molecular complexity index is 855. The highest BCUT2D eigenvalue weighted by molar-refractivity contribution is 6.04. The lowest BCUT2D eigenvalue weighted by Gasteiger charge is -2.09. The average molecular weight is 322 g/mol. The third-order valence-electron chi connectivity index (χ3n) is 3.59. The van der Waals surface area contributed by atoms with Crippen LogP contribution in [0.25, 0.3) is 11.3 Å². The Balaban J connectivity index is 1.81. The van der Waals surface area contributed by atoms with Crippen molar-refractivity contribution in [2.45, 2.75) is 13.8 Å². The number of anilines is 1. The zero-order valence-electron chi connectivity index (χ0n) is 13.6. The van der Waals surface area contributed by atoms with Gasteiger partial charge in [-0.15, -0.1) is 0 Å². The van der Waals surface area contributed by atoms with E-state index in [2.05, 4.69) is 10.5 Å². The number of nitrogens with one attached hydrogen (secondary N) is 1. The first-order valence-electron chi connectivity index (χ1n) is 7.75. The summed E-state index contributed by atoms with van der Waals surface area (Å²) in [4.78, 5) is 12.4. The van der Waals surface area contributed by atoms with Crippen molar-refractivity contribution in [1.29, 1.82) is 0 Å². The van der Waals surface area contributed by atoms with Crippen LogP contribution < -0.4 is 10.1 Å². The predicted molar refractivity (Wildman–Crippen MR) is 92.2 cm³/mol. The molecule has 1 amide bonds. The third-order valence-corrected chi connectivity index (χ3v) is 3.59. The van der Waals surface area contributed by atoms with Gasteiger partial charge in [-0.1, -0.05) is 41.6 Å². The fourth-order valence-electron chi connectivity index (χ4n) is 2.40. The van der Waals surface area contributed by atoms with Crippen molar-refractivity contribution in [2.24, 2.45) is 0 Å². The normalized spacial score (nSPS) is 10.4. The number of nitrogens with zero attached hydrogens (tertiary/aromatic N) is 1. The van der Waals surface area contributed by atoms with Crippen LogP contribution in [-0.4, -0.2) is 17.7 Å². The molecule has 0 spiro atoms. The molecule has 0 radical (unpaired) electrons. The number of carbonyl (C=O) groups excluding carboxylic acids is 1. The van der Waals surface area contributed by atoms with E-state index in [-0.39, 0.29) is 11.6 Å². The van der Waals surface area contributed by atoms with Gasteiger partial charge in [-0.2, -0.15) is 0 Å². The van der Waals surface area contributed by atoms with E-state index in [0.717, 1.165) is 11.1 Å². The minimum absolute atomic E-state index is 0.222. The second-order valence-corrected chi connectivity index (χ2v) is 5.27. The van der Waals surface area contributed by atoms with Crippen LogP contribution in [0, 0.1) is 6.92 Å². The number of hydrogen-bond donors (Lipinski definition) is 1. The number of benzene rings is 2. The summed E-state index contributed by atoms with van der Waals surface area (Å²) >= 11 is 0. The summed E-state index contributed by atoms with van der Waals surface area (Å²) < 4.78 is 10.8. The molecule has 2 aromatic carbocycles. The Kier molecular flexibility index (Phi) is 4.61. The Morgan fingerprint density at radius 2 is 1.92 bits per heavy atom. The van der Waals surface area contributed by atoms with Crippen molar-refractivity contribution in [1.82, 2.24) is 5.16 Å². The van der Waals surface area contributed by atoms with Gasteiger partial charge >= 0.3 is 0 Å². The maximum Gasteiger partial charge on any atom is 0.277 e. The van der Waals surface area contributed by atoms with Crippen molar-refractivity contribution in [3.63, 3.8) is 0 Å². The summed E-state index contributed by atoms with van der Waals surface area (Å²) in [5, 5.41) is 6.68. The smallest absolute Gasteiger partial charge is 0.277 e. The number of carbonyl (C=O) groups is 1. The molecule has 0 saturated carbocycles. The number of hydrogen-bond acceptors (Lipinski definition) is 4. The molecule has 0 bridgehead atoms. The van der Waals surface area contributed by atoms with Crippen molar-refractivity contribution in [3.05, 3.63) is 65.9 Å². The summed E-state index contributed by atoms with van der Waals surface area (Å²) in [5.74, 6) is 0.845. The van der Waals surface area contributed by atoms with Crippen LogP contribution in [0.2, 0.25) is 0 Å². The third kappa shape index (κ3) is 3.30. The van der Waals surface area contributed by atoms with E-state index in [9.17, 15) is 4.79 Å². The van der Waals surface area contributed by atoms with Crippen LogP contribution in [0.3, 0.4) is 0 Å². The monoisotopic (exact) mass is 322 g/mol. The highest BCUT2D eigenvalue weighted by atomic mass is 16.5. The Morgan fingerprint density at radius 3 is 2.71 bits per heavy atom. The van der Waals surface area contributed by atoms with Crippen molar-refractivity contribution in [2.75, 3.05) is 11.9 Å². The van der Waals surface area contributed by atoms with Crippen molar-refractivity contribution >= 4 is 11.6 Å². The van der Waals surface area contributed by atoms with Gasteiger partial charge in [0.25, 0.3) is 5.91 Å². The summed E-state index contributed by atoms with van der Waals surface area (Å²) in [6.45, 7) is 4.40. The summed E-state index contributed by atoms with van der Waals surface area (Å²) in [6, 6.07) is 16.7. The molecule has 1 N–H and O–H groups in total. The van der Waals surface area contributed by atoms with E-state index < -0.39 is 0 Å². The largest absolute Gasteiger partial charge is 0.492 e. The second-order valence-electron chi connectivity index (χ2n) is 5.27. The molecular formula is C19H18N2O3. The topological polar surface area (TPSA) is 64.4 Å². The van der Waals surface area contributed by atoms with E-state index in [1.165, 1.54) is 0 Å². The second kappa shape index (κ2) is 7.00. The van der Waals surface area contributed by atoms with E-state index >= 15 is 0 Å². The lowest BCUT2D eigenvalue weighted by atomic mass is 10.1. The van der Waals surface area contributed by atoms with Gasteiger partial charge in [0.05, 0.1) is 12.3 Å². The van der Waals surface area contributed by atoms with Crippen LogP contribution in [0.4, 0.5) is 5.69 Å². The Labute approximate surface area is 140 Å². The quantitative estimate of drug-likeness (QED) is 0.760. The fourth-order valence-corrected chi connectivity index (χ4v) is 2.40. The minimum Gasteiger partial charge on any atom is -0.492 e. The zero-order valence-corrected chi connectivity index (χ0v) is 13.6. The molecule has 122 valence electrons. The van der Waals surface area contributed by atoms with E-state index in [4.69, 9.17) is 9.26 Å². The van der Waals surface area contributed by atoms with Gasteiger partial charge in [0.15, 0.2) is 11.5 Å². The number of amides is 1. The molecule has 24 heavy (non-hydrogen) atoms. The number of aromatic nitrogens is 1. The van der Waals surface area contributed by atoms with Gasteiger partial charge in [-0.25, -0.2) is 0 Å². The maximum absolute atomic E-state index is 12.4. The Morgan fingerprint density at radius 1 is 1.17 bits per heavy atom. The molecule has 0 saturated heterocycles. The van der Waals surface area contributed by atoms with Crippen LogP contribution in [0.5, 0.6) is 5.75 Å². The molecule has 1 aromatic heterocycles. The summed E-state index contributed by atoms with van der Waals surface area (Å²) in [5.41, 5.74) is 2.80. The molecule has 0 aliphatic carbocycles. The molecule has 3 aromatic rings. The zero-order chi connectivity index (χ0) is 16.9. The standard InChI is InChI=1S/C19H18N2O3/c1-3-23-17-11-7-6-10-15(17)20-19(22)16-12-18(24-21-16)14-9-5-4-8-13(14)2/h4-12H,3H2,1-2H3,(H,20,22). The molecule has 5 heteroatoms. The summed E-state index contributed by atoms with van der Waals surface area (Å²) in [7, 11) is 0. The highest BCUT2D eigenvalue weighted by Crippen LogP contribution is 2.26. The van der Waals surface area contributed by atoms with Gasteiger partial charge in [-0.3, -0.25) is 4.79 Å². The minimum atomic E-state index is -0.342. The molecule has 1 heterocycles. The molecule has 0 atom stereocenters. The van der Waals surface area contributed by atoms with Gasteiger partial charge < -0.3 is 14.6 Å². The molecule has 0 unspecified atom stereocenters. The number of rotatable bonds is 5. The van der Waals surface area contributed by atoms with Crippen LogP contribution in [-0.2, 0) is 0 Å². The Hall–Kier alpha value is -3.08. The van der Waals surface area contributed by atoms with Gasteiger partial charge in [0.2, 0.25) is 0 Å². The number of para-hydroxylation sites is 2. The van der Waals surface area contributed by atoms with Crippen molar-refractivity contribution < 1.29 is 14.1 Å². The first-order chi connectivity index (χ1) is 11.7. The molecule has 0 aliphatic rings. The molecular weight excluding hydrogens is 304 g/mol. The average Bonchev–Trinajstić information content (AvgIpc) is 3.07.